The average molecular weight is 401 g/mol. The highest BCUT2D eigenvalue weighted by Crippen LogP contribution is 2.40. The van der Waals surface area contributed by atoms with Crippen LogP contribution in [0.5, 0.6) is 0 Å². The predicted octanol–water partition coefficient (Wildman–Crippen LogP) is 5.02. The molecule has 4 nitrogen and oxygen atoms in total. The van der Waals surface area contributed by atoms with Gasteiger partial charge in [-0.15, -0.1) is 0 Å². The number of anilines is 1. The van der Waals surface area contributed by atoms with Gasteiger partial charge in [0.15, 0.2) is 5.16 Å². The molecule has 1 N–H and O–H groups in total. The van der Waals surface area contributed by atoms with Crippen LogP contribution in [-0.4, -0.2) is 21.6 Å². The van der Waals surface area contributed by atoms with Crippen LogP contribution in [0.15, 0.2) is 40.6 Å². The Kier molecular flexibility index (Phi) is 5.78. The van der Waals surface area contributed by atoms with Crippen molar-refractivity contribution in [3.05, 3.63) is 36.4 Å². The molecule has 0 spiro atoms. The number of rotatable bonds is 4. The van der Waals surface area contributed by atoms with E-state index in [1.165, 1.54) is 30.0 Å². The molecule has 1 heterocycles. The summed E-state index contributed by atoms with van der Waals surface area (Å²) >= 11 is 1.24. The van der Waals surface area contributed by atoms with Gasteiger partial charge >= 0.3 is 6.18 Å². The van der Waals surface area contributed by atoms with Crippen LogP contribution in [0.3, 0.4) is 0 Å². The topological polar surface area (TPSA) is 46.9 Å². The molecule has 0 aliphatic heterocycles. The van der Waals surface area contributed by atoms with Crippen molar-refractivity contribution in [3.8, 4) is 0 Å². The zero-order valence-electron chi connectivity index (χ0n) is 14.6. The Labute approximate surface area is 158 Å². The number of hydrogen-bond acceptors (Lipinski definition) is 3. The third kappa shape index (κ3) is 4.82. The second-order valence-electron chi connectivity index (χ2n) is 6.65. The van der Waals surface area contributed by atoms with E-state index in [1.54, 1.807) is 24.0 Å². The minimum absolute atomic E-state index is 0.0491. The van der Waals surface area contributed by atoms with Crippen LogP contribution >= 0.6 is 11.8 Å². The summed E-state index contributed by atoms with van der Waals surface area (Å²) in [6.45, 7) is 0. The second kappa shape index (κ2) is 7.92. The van der Waals surface area contributed by atoms with Crippen molar-refractivity contribution in [3.63, 3.8) is 0 Å². The molecule has 3 rings (SSSR count). The highest BCUT2D eigenvalue weighted by molar-refractivity contribution is 7.99. The molecule has 0 radical (unpaired) electrons. The van der Waals surface area contributed by atoms with E-state index in [0.717, 1.165) is 0 Å². The summed E-state index contributed by atoms with van der Waals surface area (Å²) in [5.74, 6) is -3.24. The molecule has 1 aliphatic carbocycles. The maximum Gasteiger partial charge on any atom is 0.391 e. The molecule has 146 valence electrons. The molecule has 1 amide bonds. The number of hydrogen-bond donors (Lipinski definition) is 1. The first kappa shape index (κ1) is 19.7. The summed E-state index contributed by atoms with van der Waals surface area (Å²) in [5.41, 5.74) is 0.238. The van der Waals surface area contributed by atoms with Gasteiger partial charge in [0, 0.05) is 30.3 Å². The van der Waals surface area contributed by atoms with Gasteiger partial charge in [-0.3, -0.25) is 4.79 Å². The van der Waals surface area contributed by atoms with Crippen molar-refractivity contribution >= 4 is 23.4 Å². The Hall–Kier alpha value is -2.03. The number of aromatic nitrogens is 2. The lowest BCUT2D eigenvalue weighted by atomic mass is 9.80. The number of carbonyl (C=O) groups is 1. The largest absolute Gasteiger partial charge is 0.391 e. The number of aryl methyl sites for hydroxylation is 1. The Morgan fingerprint density at radius 2 is 2.11 bits per heavy atom. The van der Waals surface area contributed by atoms with Crippen LogP contribution < -0.4 is 5.32 Å². The van der Waals surface area contributed by atoms with Gasteiger partial charge in [-0.1, -0.05) is 6.42 Å². The quantitative estimate of drug-likeness (QED) is 0.732. The third-order valence-corrected chi connectivity index (χ3v) is 5.84. The van der Waals surface area contributed by atoms with Crippen LogP contribution in [0, 0.1) is 17.7 Å². The number of nitrogens with zero attached hydrogens (tertiary/aromatic N) is 2. The number of amides is 1. The van der Waals surface area contributed by atoms with Gasteiger partial charge in [0.1, 0.15) is 5.82 Å². The number of imidazole rings is 1. The normalized spacial score (nSPS) is 20.5. The fourth-order valence-electron chi connectivity index (χ4n) is 3.20. The van der Waals surface area contributed by atoms with Gasteiger partial charge in [-0.2, -0.15) is 13.2 Å². The first-order valence-electron chi connectivity index (χ1n) is 8.56. The molecule has 2 atom stereocenters. The predicted molar refractivity (Wildman–Crippen MR) is 93.9 cm³/mol. The van der Waals surface area contributed by atoms with E-state index in [4.69, 9.17) is 0 Å². The molecule has 1 aromatic heterocycles. The number of carbonyl (C=O) groups excluding carboxylic acids is 1. The fraction of sp³-hybridized carbons (Fsp3) is 0.444. The van der Waals surface area contributed by atoms with Gasteiger partial charge in [0.05, 0.1) is 11.6 Å². The highest BCUT2D eigenvalue weighted by Gasteiger charge is 2.43. The van der Waals surface area contributed by atoms with Crippen molar-refractivity contribution in [1.29, 1.82) is 0 Å². The highest BCUT2D eigenvalue weighted by atomic mass is 32.2. The van der Waals surface area contributed by atoms with Gasteiger partial charge in [-0.05, 0) is 49.2 Å². The van der Waals surface area contributed by atoms with Crippen LogP contribution in [-0.2, 0) is 11.8 Å². The molecular weight excluding hydrogens is 382 g/mol. The Morgan fingerprint density at radius 3 is 2.78 bits per heavy atom. The van der Waals surface area contributed by atoms with E-state index in [9.17, 15) is 22.4 Å². The van der Waals surface area contributed by atoms with Gasteiger partial charge in [-0.25, -0.2) is 9.37 Å². The molecule has 1 saturated carbocycles. The monoisotopic (exact) mass is 401 g/mol. The molecular formula is C18H19F4N3OS. The maximum atomic E-state index is 13.7. The molecule has 9 heteroatoms. The SMILES string of the molecule is Cn1ccnc1Sc1ccc(F)cc1NC(=O)C1CCCC(C(F)(F)F)C1. The zero-order valence-corrected chi connectivity index (χ0v) is 15.4. The fourth-order valence-corrected chi connectivity index (χ4v) is 4.07. The van der Waals surface area contributed by atoms with Gasteiger partial charge in [0.25, 0.3) is 0 Å². The summed E-state index contributed by atoms with van der Waals surface area (Å²) in [6.07, 6.45) is -0.361. The Morgan fingerprint density at radius 1 is 1.33 bits per heavy atom. The summed E-state index contributed by atoms with van der Waals surface area (Å²) in [7, 11) is 1.80. The Balaban J connectivity index is 1.75. The van der Waals surface area contributed by atoms with Crippen molar-refractivity contribution in [2.24, 2.45) is 18.9 Å². The molecule has 1 aliphatic rings. The molecule has 0 saturated heterocycles. The minimum Gasteiger partial charge on any atom is -0.329 e. The first-order valence-corrected chi connectivity index (χ1v) is 9.38. The van der Waals surface area contributed by atoms with Crippen molar-refractivity contribution < 1.29 is 22.4 Å². The Bertz CT molecular complexity index is 821. The summed E-state index contributed by atoms with van der Waals surface area (Å²) < 4.78 is 54.4. The van der Waals surface area contributed by atoms with Crippen LogP contribution in [0.1, 0.15) is 25.7 Å². The van der Waals surface area contributed by atoms with E-state index < -0.39 is 29.7 Å². The van der Waals surface area contributed by atoms with Crippen LogP contribution in [0.2, 0.25) is 0 Å². The van der Waals surface area contributed by atoms with Gasteiger partial charge in [0.2, 0.25) is 5.91 Å². The van der Waals surface area contributed by atoms with Crippen LogP contribution in [0.4, 0.5) is 23.2 Å². The number of halogens is 4. The number of benzene rings is 1. The van der Waals surface area contributed by atoms with E-state index in [1.807, 2.05) is 0 Å². The molecule has 1 aromatic carbocycles. The number of alkyl halides is 3. The maximum absolute atomic E-state index is 13.7. The standard InChI is InChI=1S/C18H19F4N3OS/c1-25-8-7-23-17(25)27-15-6-5-13(19)10-14(15)24-16(26)11-3-2-4-12(9-11)18(20,21)22/h5-8,10-12H,2-4,9H2,1H3,(H,24,26). The smallest absolute Gasteiger partial charge is 0.329 e. The number of nitrogens with one attached hydrogen (secondary N) is 1. The second-order valence-corrected chi connectivity index (χ2v) is 7.66. The van der Waals surface area contributed by atoms with E-state index >= 15 is 0 Å². The molecule has 2 aromatic rings. The van der Waals surface area contributed by atoms with Crippen molar-refractivity contribution in [2.75, 3.05) is 5.32 Å². The first-order chi connectivity index (χ1) is 12.7. The van der Waals surface area contributed by atoms with Gasteiger partial charge < -0.3 is 9.88 Å². The minimum atomic E-state index is -4.29. The molecule has 0 bridgehead atoms. The lowest BCUT2D eigenvalue weighted by molar-refractivity contribution is -0.185. The average Bonchev–Trinajstić information content (AvgIpc) is 3.01. The summed E-state index contributed by atoms with van der Waals surface area (Å²) in [5, 5.41) is 3.27. The summed E-state index contributed by atoms with van der Waals surface area (Å²) in [4.78, 5) is 17.3. The molecule has 2 unspecified atom stereocenters. The van der Waals surface area contributed by atoms with Crippen molar-refractivity contribution in [1.82, 2.24) is 9.55 Å². The van der Waals surface area contributed by atoms with Crippen molar-refractivity contribution in [2.45, 2.75) is 41.9 Å². The lowest BCUT2D eigenvalue weighted by Gasteiger charge is -2.29. The zero-order chi connectivity index (χ0) is 19.6. The molecule has 27 heavy (non-hydrogen) atoms. The van der Waals surface area contributed by atoms with E-state index in [0.29, 0.717) is 22.9 Å². The van der Waals surface area contributed by atoms with E-state index in [-0.39, 0.29) is 18.5 Å². The summed E-state index contributed by atoms with van der Waals surface area (Å²) in [6, 6.07) is 3.96. The third-order valence-electron chi connectivity index (χ3n) is 4.69. The lowest BCUT2D eigenvalue weighted by Crippen LogP contribution is -2.34. The molecule has 1 fully saturated rings. The van der Waals surface area contributed by atoms with E-state index in [2.05, 4.69) is 10.3 Å². The van der Waals surface area contributed by atoms with Crippen LogP contribution in [0.25, 0.3) is 0 Å².